The van der Waals surface area contributed by atoms with Gasteiger partial charge in [0.1, 0.15) is 5.82 Å². The van der Waals surface area contributed by atoms with Crippen molar-refractivity contribution in [2.45, 2.75) is 26.2 Å². The first-order chi connectivity index (χ1) is 7.80. The van der Waals surface area contributed by atoms with Crippen LogP contribution in [0.2, 0.25) is 0 Å². The molecule has 0 aliphatic rings. The zero-order valence-corrected chi connectivity index (χ0v) is 11.5. The molecular weight excluding hydrogens is 215 g/mol. The van der Waals surface area contributed by atoms with E-state index in [1.165, 1.54) is 0 Å². The molecule has 1 aromatic rings. The van der Waals surface area contributed by atoms with E-state index >= 15 is 0 Å². The minimum absolute atomic E-state index is 0.0109. The fourth-order valence-electron chi connectivity index (χ4n) is 1.54. The van der Waals surface area contributed by atoms with E-state index in [9.17, 15) is 4.39 Å². The summed E-state index contributed by atoms with van der Waals surface area (Å²) < 4.78 is 13.8. The summed E-state index contributed by atoms with van der Waals surface area (Å²) in [6.07, 6.45) is 0. The fraction of sp³-hybridized carbons (Fsp3) is 0.571. The molecule has 96 valence electrons. The summed E-state index contributed by atoms with van der Waals surface area (Å²) in [7, 11) is 4.00. The van der Waals surface area contributed by atoms with Crippen LogP contribution in [-0.2, 0) is 5.41 Å². The van der Waals surface area contributed by atoms with Gasteiger partial charge >= 0.3 is 0 Å². The molecule has 0 saturated heterocycles. The quantitative estimate of drug-likeness (QED) is 0.867. The maximum absolute atomic E-state index is 13.8. The molecule has 0 bridgehead atoms. The molecule has 0 aromatic heterocycles. The summed E-state index contributed by atoms with van der Waals surface area (Å²) >= 11 is 0. The van der Waals surface area contributed by atoms with E-state index in [0.29, 0.717) is 5.69 Å². The SMILES string of the molecule is CN(C)CCNc1ccc(C(C)(C)C)cc1F. The van der Waals surface area contributed by atoms with Gasteiger partial charge in [-0.05, 0) is 37.2 Å². The van der Waals surface area contributed by atoms with E-state index in [-0.39, 0.29) is 11.2 Å². The molecule has 17 heavy (non-hydrogen) atoms. The molecule has 0 aliphatic heterocycles. The van der Waals surface area contributed by atoms with E-state index in [1.807, 2.05) is 26.2 Å². The van der Waals surface area contributed by atoms with E-state index in [0.717, 1.165) is 18.7 Å². The van der Waals surface area contributed by atoms with Gasteiger partial charge in [-0.1, -0.05) is 26.8 Å². The molecule has 0 atom stereocenters. The van der Waals surface area contributed by atoms with Crippen LogP contribution in [0.1, 0.15) is 26.3 Å². The number of halogens is 1. The van der Waals surface area contributed by atoms with Crippen molar-refractivity contribution in [1.82, 2.24) is 4.90 Å². The van der Waals surface area contributed by atoms with E-state index in [1.54, 1.807) is 6.07 Å². The van der Waals surface area contributed by atoms with Gasteiger partial charge < -0.3 is 10.2 Å². The van der Waals surface area contributed by atoms with Crippen molar-refractivity contribution in [1.29, 1.82) is 0 Å². The molecule has 0 amide bonds. The highest BCUT2D eigenvalue weighted by Gasteiger charge is 2.15. The van der Waals surface area contributed by atoms with Crippen molar-refractivity contribution in [3.63, 3.8) is 0 Å². The van der Waals surface area contributed by atoms with Gasteiger partial charge in [0.05, 0.1) is 5.69 Å². The molecule has 0 heterocycles. The van der Waals surface area contributed by atoms with E-state index < -0.39 is 0 Å². The molecule has 2 nitrogen and oxygen atoms in total. The first-order valence-corrected chi connectivity index (χ1v) is 5.99. The molecule has 0 saturated carbocycles. The summed E-state index contributed by atoms with van der Waals surface area (Å²) in [4.78, 5) is 2.06. The highest BCUT2D eigenvalue weighted by Crippen LogP contribution is 2.25. The summed E-state index contributed by atoms with van der Waals surface area (Å²) in [5, 5.41) is 3.11. The van der Waals surface area contributed by atoms with Gasteiger partial charge in [0.25, 0.3) is 0 Å². The number of benzene rings is 1. The highest BCUT2D eigenvalue weighted by molar-refractivity contribution is 5.47. The Morgan fingerprint density at radius 3 is 2.35 bits per heavy atom. The monoisotopic (exact) mass is 238 g/mol. The lowest BCUT2D eigenvalue weighted by Gasteiger charge is -2.20. The number of nitrogens with one attached hydrogen (secondary N) is 1. The fourth-order valence-corrected chi connectivity index (χ4v) is 1.54. The van der Waals surface area contributed by atoms with Gasteiger partial charge in [-0.25, -0.2) is 4.39 Å². The molecule has 0 spiro atoms. The van der Waals surface area contributed by atoms with Crippen molar-refractivity contribution in [2.75, 3.05) is 32.5 Å². The van der Waals surface area contributed by atoms with Gasteiger partial charge in [0.15, 0.2) is 0 Å². The number of nitrogens with zero attached hydrogens (tertiary/aromatic N) is 1. The number of hydrogen-bond donors (Lipinski definition) is 1. The van der Waals surface area contributed by atoms with Crippen LogP contribution in [0.3, 0.4) is 0 Å². The Hall–Kier alpha value is -1.09. The number of hydrogen-bond acceptors (Lipinski definition) is 2. The lowest BCUT2D eigenvalue weighted by atomic mass is 9.87. The number of likely N-dealkylation sites (N-methyl/N-ethyl adjacent to an activating group) is 1. The second-order valence-electron chi connectivity index (χ2n) is 5.67. The van der Waals surface area contributed by atoms with Crippen molar-refractivity contribution in [3.8, 4) is 0 Å². The Morgan fingerprint density at radius 1 is 1.24 bits per heavy atom. The molecule has 1 rings (SSSR count). The standard InChI is InChI=1S/C14H23FN2/c1-14(2,3)11-6-7-13(12(15)10-11)16-8-9-17(4)5/h6-7,10,16H,8-9H2,1-5H3. The van der Waals surface area contributed by atoms with Gasteiger partial charge in [-0.3, -0.25) is 0 Å². The Labute approximate surface area is 104 Å². The molecule has 0 aliphatic carbocycles. The van der Waals surface area contributed by atoms with Gasteiger partial charge in [-0.15, -0.1) is 0 Å². The minimum Gasteiger partial charge on any atom is -0.381 e. The summed E-state index contributed by atoms with van der Waals surface area (Å²) in [5.41, 5.74) is 1.59. The molecule has 0 fully saturated rings. The van der Waals surface area contributed by atoms with Crippen LogP contribution >= 0.6 is 0 Å². The van der Waals surface area contributed by atoms with E-state index in [4.69, 9.17) is 0 Å². The van der Waals surface area contributed by atoms with Crippen molar-refractivity contribution >= 4 is 5.69 Å². The lowest BCUT2D eigenvalue weighted by Crippen LogP contribution is -2.21. The third-order valence-electron chi connectivity index (χ3n) is 2.71. The zero-order valence-electron chi connectivity index (χ0n) is 11.5. The Balaban J connectivity index is 2.70. The summed E-state index contributed by atoms with van der Waals surface area (Å²) in [6.45, 7) is 7.89. The summed E-state index contributed by atoms with van der Waals surface area (Å²) in [6, 6.07) is 5.44. The van der Waals surface area contributed by atoms with Gasteiger partial charge in [0, 0.05) is 13.1 Å². The van der Waals surface area contributed by atoms with Gasteiger partial charge in [-0.2, -0.15) is 0 Å². The zero-order chi connectivity index (χ0) is 13.1. The molecule has 1 aromatic carbocycles. The molecule has 0 unspecified atom stereocenters. The predicted molar refractivity (Wildman–Crippen MR) is 72.1 cm³/mol. The van der Waals surface area contributed by atoms with E-state index in [2.05, 4.69) is 31.0 Å². The minimum atomic E-state index is -0.170. The van der Waals surface area contributed by atoms with Crippen LogP contribution in [-0.4, -0.2) is 32.1 Å². The number of anilines is 1. The normalized spacial score (nSPS) is 11.9. The smallest absolute Gasteiger partial charge is 0.146 e. The first kappa shape index (κ1) is 14.0. The third kappa shape index (κ3) is 4.35. The summed E-state index contributed by atoms with van der Waals surface area (Å²) in [5.74, 6) is -0.170. The third-order valence-corrected chi connectivity index (χ3v) is 2.71. The second kappa shape index (κ2) is 5.50. The van der Waals surface area contributed by atoms with Crippen LogP contribution in [0.5, 0.6) is 0 Å². The second-order valence-corrected chi connectivity index (χ2v) is 5.67. The van der Waals surface area contributed by atoms with Crippen LogP contribution in [0.25, 0.3) is 0 Å². The first-order valence-electron chi connectivity index (χ1n) is 5.99. The number of rotatable bonds is 4. The van der Waals surface area contributed by atoms with Crippen LogP contribution in [0.4, 0.5) is 10.1 Å². The predicted octanol–water partition coefficient (Wildman–Crippen LogP) is 3.10. The molecule has 3 heteroatoms. The topological polar surface area (TPSA) is 15.3 Å². The Morgan fingerprint density at radius 2 is 1.88 bits per heavy atom. The highest BCUT2D eigenvalue weighted by atomic mass is 19.1. The van der Waals surface area contributed by atoms with Crippen molar-refractivity contribution in [3.05, 3.63) is 29.6 Å². The van der Waals surface area contributed by atoms with Crippen LogP contribution in [0.15, 0.2) is 18.2 Å². The largest absolute Gasteiger partial charge is 0.381 e. The van der Waals surface area contributed by atoms with Crippen LogP contribution in [0, 0.1) is 5.82 Å². The molecule has 0 radical (unpaired) electrons. The lowest BCUT2D eigenvalue weighted by molar-refractivity contribution is 0.425. The Kier molecular flexibility index (Phi) is 4.52. The Bertz CT molecular complexity index is 367. The maximum Gasteiger partial charge on any atom is 0.146 e. The van der Waals surface area contributed by atoms with Crippen molar-refractivity contribution in [2.24, 2.45) is 0 Å². The van der Waals surface area contributed by atoms with Crippen molar-refractivity contribution < 1.29 is 4.39 Å². The molecular formula is C14H23FN2. The molecule has 1 N–H and O–H groups in total. The maximum atomic E-state index is 13.8. The van der Waals surface area contributed by atoms with Crippen LogP contribution < -0.4 is 5.32 Å². The average Bonchev–Trinajstić information content (AvgIpc) is 2.18. The van der Waals surface area contributed by atoms with Gasteiger partial charge in [0.2, 0.25) is 0 Å². The average molecular weight is 238 g/mol.